The van der Waals surface area contributed by atoms with Crippen LogP contribution in [0.1, 0.15) is 24.0 Å². The van der Waals surface area contributed by atoms with Gasteiger partial charge in [-0.3, -0.25) is 9.59 Å². The highest BCUT2D eigenvalue weighted by molar-refractivity contribution is 5.81. The standard InChI is InChI=1S/C14H17NO3/c16-13(15-9-14(17)18)8-10-5-6-11-3-1-2-4-12(11)7-10/h1-4,10H,5-9H2,(H,15,16)(H,17,18). The Hall–Kier alpha value is -1.84. The van der Waals surface area contributed by atoms with Gasteiger partial charge in [0.2, 0.25) is 5.91 Å². The molecule has 0 fully saturated rings. The molecule has 0 radical (unpaired) electrons. The highest BCUT2D eigenvalue weighted by Crippen LogP contribution is 2.27. The van der Waals surface area contributed by atoms with E-state index in [1.165, 1.54) is 11.1 Å². The van der Waals surface area contributed by atoms with Gasteiger partial charge in [0.15, 0.2) is 0 Å². The Kier molecular flexibility index (Phi) is 3.97. The third-order valence-corrected chi connectivity index (χ3v) is 3.36. The molecule has 0 saturated carbocycles. The number of carboxylic acid groups (broad SMARTS) is 1. The Labute approximate surface area is 106 Å². The molecule has 1 unspecified atom stereocenters. The number of nitrogens with one attached hydrogen (secondary N) is 1. The van der Waals surface area contributed by atoms with Crippen molar-refractivity contribution in [3.63, 3.8) is 0 Å². The minimum atomic E-state index is -1.00. The molecule has 4 nitrogen and oxygen atoms in total. The molecule has 0 bridgehead atoms. The number of amides is 1. The van der Waals surface area contributed by atoms with Crippen LogP contribution in [0.4, 0.5) is 0 Å². The van der Waals surface area contributed by atoms with Gasteiger partial charge in [-0.1, -0.05) is 24.3 Å². The van der Waals surface area contributed by atoms with Gasteiger partial charge >= 0.3 is 5.97 Å². The Bertz CT molecular complexity index is 456. The fourth-order valence-corrected chi connectivity index (χ4v) is 2.46. The summed E-state index contributed by atoms with van der Waals surface area (Å²) in [5.41, 5.74) is 2.69. The van der Waals surface area contributed by atoms with Crippen molar-refractivity contribution in [2.75, 3.05) is 6.54 Å². The molecular weight excluding hydrogens is 230 g/mol. The lowest BCUT2D eigenvalue weighted by molar-refractivity contribution is -0.138. The second kappa shape index (κ2) is 5.67. The second-order valence-corrected chi connectivity index (χ2v) is 4.75. The van der Waals surface area contributed by atoms with Gasteiger partial charge in [0.1, 0.15) is 6.54 Å². The first-order valence-corrected chi connectivity index (χ1v) is 6.20. The number of aryl methyl sites for hydroxylation is 1. The fraction of sp³-hybridized carbons (Fsp3) is 0.429. The molecule has 1 atom stereocenters. The van der Waals surface area contributed by atoms with Gasteiger partial charge in [-0.15, -0.1) is 0 Å². The van der Waals surface area contributed by atoms with Gasteiger partial charge in [0.25, 0.3) is 0 Å². The van der Waals surface area contributed by atoms with Gasteiger partial charge in [-0.25, -0.2) is 0 Å². The second-order valence-electron chi connectivity index (χ2n) is 4.75. The van der Waals surface area contributed by atoms with Gasteiger partial charge in [0, 0.05) is 6.42 Å². The van der Waals surface area contributed by atoms with Crippen LogP contribution in [-0.2, 0) is 22.4 Å². The van der Waals surface area contributed by atoms with E-state index in [4.69, 9.17) is 5.11 Å². The Balaban J connectivity index is 1.86. The molecule has 0 saturated heterocycles. The van der Waals surface area contributed by atoms with E-state index in [0.717, 1.165) is 19.3 Å². The first-order valence-electron chi connectivity index (χ1n) is 6.20. The maximum Gasteiger partial charge on any atom is 0.322 e. The molecule has 1 aliphatic carbocycles. The van der Waals surface area contributed by atoms with Crippen LogP contribution in [0.15, 0.2) is 24.3 Å². The molecule has 1 amide bonds. The predicted octanol–water partition coefficient (Wildman–Crippen LogP) is 1.38. The van der Waals surface area contributed by atoms with Crippen molar-refractivity contribution in [2.45, 2.75) is 25.7 Å². The van der Waals surface area contributed by atoms with E-state index < -0.39 is 5.97 Å². The highest BCUT2D eigenvalue weighted by atomic mass is 16.4. The van der Waals surface area contributed by atoms with Crippen molar-refractivity contribution in [1.82, 2.24) is 5.32 Å². The lowest BCUT2D eigenvalue weighted by Gasteiger charge is -2.23. The van der Waals surface area contributed by atoms with Crippen LogP contribution in [0.5, 0.6) is 0 Å². The third kappa shape index (κ3) is 3.32. The minimum Gasteiger partial charge on any atom is -0.480 e. The topological polar surface area (TPSA) is 66.4 Å². The number of aliphatic carboxylic acids is 1. The summed E-state index contributed by atoms with van der Waals surface area (Å²) in [6, 6.07) is 8.30. The van der Waals surface area contributed by atoms with Crippen molar-refractivity contribution in [3.05, 3.63) is 35.4 Å². The number of fused-ring (bicyclic) bond motifs is 1. The summed E-state index contributed by atoms with van der Waals surface area (Å²) in [6.07, 6.45) is 3.34. The molecule has 1 aromatic rings. The maximum atomic E-state index is 11.6. The summed E-state index contributed by atoms with van der Waals surface area (Å²) in [4.78, 5) is 21.9. The number of hydrogen-bond acceptors (Lipinski definition) is 2. The maximum absolute atomic E-state index is 11.6. The number of benzene rings is 1. The average Bonchev–Trinajstić information content (AvgIpc) is 2.36. The molecule has 0 heterocycles. The van der Waals surface area contributed by atoms with Gasteiger partial charge in [-0.05, 0) is 36.3 Å². The van der Waals surface area contributed by atoms with Gasteiger partial charge < -0.3 is 10.4 Å². The zero-order chi connectivity index (χ0) is 13.0. The number of carbonyl (C=O) groups is 2. The number of hydrogen-bond donors (Lipinski definition) is 2. The minimum absolute atomic E-state index is 0.165. The van der Waals surface area contributed by atoms with Gasteiger partial charge in [-0.2, -0.15) is 0 Å². The molecular formula is C14H17NO3. The summed E-state index contributed by atoms with van der Waals surface area (Å²) in [5, 5.41) is 10.9. The van der Waals surface area contributed by atoms with Crippen LogP contribution in [-0.4, -0.2) is 23.5 Å². The van der Waals surface area contributed by atoms with Crippen LogP contribution in [0, 0.1) is 5.92 Å². The predicted molar refractivity (Wildman–Crippen MR) is 67.2 cm³/mol. The van der Waals surface area contributed by atoms with Crippen molar-refractivity contribution in [2.24, 2.45) is 5.92 Å². The Morgan fingerprint density at radius 1 is 1.28 bits per heavy atom. The van der Waals surface area contributed by atoms with Crippen LogP contribution in [0.25, 0.3) is 0 Å². The monoisotopic (exact) mass is 247 g/mol. The van der Waals surface area contributed by atoms with E-state index in [-0.39, 0.29) is 12.5 Å². The highest BCUT2D eigenvalue weighted by Gasteiger charge is 2.20. The molecule has 2 rings (SSSR count). The number of carboxylic acids is 1. The first kappa shape index (κ1) is 12.6. The van der Waals surface area contributed by atoms with Crippen LogP contribution in [0.3, 0.4) is 0 Å². The fourth-order valence-electron chi connectivity index (χ4n) is 2.46. The smallest absolute Gasteiger partial charge is 0.322 e. The van der Waals surface area contributed by atoms with E-state index in [1.807, 2.05) is 12.1 Å². The summed E-state index contributed by atoms with van der Waals surface area (Å²) in [5.74, 6) is -0.840. The average molecular weight is 247 g/mol. The van der Waals surface area contributed by atoms with Crippen molar-refractivity contribution in [3.8, 4) is 0 Å². The van der Waals surface area contributed by atoms with Gasteiger partial charge in [0.05, 0.1) is 0 Å². The molecule has 0 aromatic heterocycles. The first-order chi connectivity index (χ1) is 8.65. The zero-order valence-electron chi connectivity index (χ0n) is 10.2. The zero-order valence-corrected chi connectivity index (χ0v) is 10.2. The SMILES string of the molecule is O=C(O)CNC(=O)CC1CCc2ccccc2C1. The van der Waals surface area contributed by atoms with Crippen molar-refractivity contribution >= 4 is 11.9 Å². The molecule has 1 aliphatic rings. The lowest BCUT2D eigenvalue weighted by Crippen LogP contribution is -2.31. The number of rotatable bonds is 4. The number of carbonyl (C=O) groups excluding carboxylic acids is 1. The van der Waals surface area contributed by atoms with Crippen molar-refractivity contribution in [1.29, 1.82) is 0 Å². The van der Waals surface area contributed by atoms with Crippen LogP contribution < -0.4 is 5.32 Å². The quantitative estimate of drug-likeness (QED) is 0.844. The largest absolute Gasteiger partial charge is 0.480 e. The molecule has 96 valence electrons. The summed E-state index contributed by atoms with van der Waals surface area (Å²) < 4.78 is 0. The van der Waals surface area contributed by atoms with E-state index in [2.05, 4.69) is 17.4 Å². The molecule has 0 spiro atoms. The van der Waals surface area contributed by atoms with E-state index >= 15 is 0 Å². The Morgan fingerprint density at radius 2 is 2.00 bits per heavy atom. The summed E-state index contributed by atoms with van der Waals surface area (Å²) >= 11 is 0. The normalized spacial score (nSPS) is 17.9. The molecule has 18 heavy (non-hydrogen) atoms. The lowest BCUT2D eigenvalue weighted by atomic mass is 9.82. The summed E-state index contributed by atoms with van der Waals surface area (Å²) in [7, 11) is 0. The molecule has 1 aromatic carbocycles. The molecule has 4 heteroatoms. The van der Waals surface area contributed by atoms with Crippen LogP contribution >= 0.6 is 0 Å². The van der Waals surface area contributed by atoms with E-state index in [9.17, 15) is 9.59 Å². The third-order valence-electron chi connectivity index (χ3n) is 3.36. The summed E-state index contributed by atoms with van der Waals surface area (Å²) in [6.45, 7) is -0.290. The molecule has 2 N–H and O–H groups in total. The van der Waals surface area contributed by atoms with Crippen LogP contribution in [0.2, 0.25) is 0 Å². The van der Waals surface area contributed by atoms with E-state index in [1.54, 1.807) is 0 Å². The Morgan fingerprint density at radius 3 is 2.72 bits per heavy atom. The molecule has 0 aliphatic heterocycles. The van der Waals surface area contributed by atoms with Crippen molar-refractivity contribution < 1.29 is 14.7 Å². The van der Waals surface area contributed by atoms with E-state index in [0.29, 0.717) is 12.3 Å².